The number of hydrogen-bond acceptors (Lipinski definition) is 5. The molecule has 0 saturated heterocycles. The zero-order valence-electron chi connectivity index (χ0n) is 4.61. The third kappa shape index (κ3) is 3.32. The Kier molecular flexibility index (Phi) is 4.19. The number of H-pyrrole nitrogens is 1. The van der Waals surface area contributed by atoms with E-state index in [9.17, 15) is 4.79 Å². The lowest BCUT2D eigenvalue weighted by Gasteiger charge is -1.72. The molecule has 0 atom stereocenters. The summed E-state index contributed by atoms with van der Waals surface area (Å²) in [6, 6.07) is 0. The van der Waals surface area contributed by atoms with Crippen molar-refractivity contribution in [1.29, 1.82) is 0 Å². The Morgan fingerprint density at radius 3 is 2.44 bits per heavy atom. The minimum absolute atomic E-state index is 0.321. The molecule has 1 aromatic heterocycles. The largest absolute Gasteiger partial charge is 0.291 e. The number of hydrogen-bond donors (Lipinski definition) is 3. The molecule has 1 rings (SSSR count). The summed E-state index contributed by atoms with van der Waals surface area (Å²) in [5, 5.41) is 5.76. The van der Waals surface area contributed by atoms with Crippen molar-refractivity contribution in [3.63, 3.8) is 0 Å². The Balaban J connectivity index is 0.000000291. The Morgan fingerprint density at radius 1 is 1.56 bits per heavy atom. The van der Waals surface area contributed by atoms with Crippen molar-refractivity contribution in [3.8, 4) is 0 Å². The highest BCUT2D eigenvalue weighted by molar-refractivity contribution is 4.63. The van der Waals surface area contributed by atoms with Gasteiger partial charge in [0.05, 0.1) is 0 Å². The van der Waals surface area contributed by atoms with Crippen molar-refractivity contribution < 1.29 is 0 Å². The van der Waals surface area contributed by atoms with E-state index < -0.39 is 0 Å². The van der Waals surface area contributed by atoms with Crippen LogP contribution in [-0.2, 0) is 0 Å². The number of nitrogens with one attached hydrogen (secondary N) is 1. The molecule has 1 aromatic rings. The van der Waals surface area contributed by atoms with Crippen LogP contribution >= 0.6 is 0 Å². The Hall–Kier alpha value is -1.27. The zero-order valence-corrected chi connectivity index (χ0v) is 4.61. The van der Waals surface area contributed by atoms with Crippen LogP contribution < -0.4 is 17.2 Å². The predicted molar refractivity (Wildman–Crippen MR) is 31.0 cm³/mol. The molecule has 0 aromatic carbocycles. The maximum Gasteiger partial charge on any atom is 0.291 e. The van der Waals surface area contributed by atoms with Gasteiger partial charge in [-0.15, -0.1) is 0 Å². The monoisotopic (exact) mass is 129 g/mol. The van der Waals surface area contributed by atoms with Gasteiger partial charge in [-0.2, -0.15) is 10.1 Å². The van der Waals surface area contributed by atoms with Crippen LogP contribution in [0.4, 0.5) is 0 Å². The lowest BCUT2D eigenvalue weighted by molar-refractivity contribution is 0.943. The summed E-state index contributed by atoms with van der Waals surface area (Å²) in [6.45, 7) is 0. The molecule has 6 nitrogen and oxygen atoms in total. The average molecular weight is 129 g/mol. The molecule has 0 bridgehead atoms. The molecule has 0 saturated carbocycles. The molecular formula is C3H7N5O. The van der Waals surface area contributed by atoms with Crippen LogP contribution in [0, 0.1) is 0 Å². The van der Waals surface area contributed by atoms with Crippen LogP contribution in [0.5, 0.6) is 0 Å². The van der Waals surface area contributed by atoms with Crippen LogP contribution in [0.2, 0.25) is 0 Å². The minimum Gasteiger partial charge on any atom is -0.274 e. The molecule has 1 heterocycles. The van der Waals surface area contributed by atoms with E-state index in [0.717, 1.165) is 6.20 Å². The number of hydrazine groups is 1. The van der Waals surface area contributed by atoms with E-state index in [1.165, 1.54) is 6.33 Å². The van der Waals surface area contributed by atoms with Crippen molar-refractivity contribution in [2.75, 3.05) is 0 Å². The Bertz CT molecular complexity index is 178. The molecule has 0 spiro atoms. The predicted octanol–water partition coefficient (Wildman–Crippen LogP) is -2.02. The lowest BCUT2D eigenvalue weighted by atomic mass is 10.9. The summed E-state index contributed by atoms with van der Waals surface area (Å²) in [5.74, 6) is 8.00. The highest BCUT2D eigenvalue weighted by Gasteiger charge is 1.72. The fourth-order valence-electron chi connectivity index (χ4n) is 0.252. The normalized spacial score (nSPS) is 7.33. The van der Waals surface area contributed by atoms with Crippen molar-refractivity contribution in [3.05, 3.63) is 22.9 Å². The highest BCUT2D eigenvalue weighted by atomic mass is 16.1. The minimum atomic E-state index is -0.321. The van der Waals surface area contributed by atoms with E-state index in [1.54, 1.807) is 0 Å². The van der Waals surface area contributed by atoms with Crippen molar-refractivity contribution in [1.82, 2.24) is 15.2 Å². The van der Waals surface area contributed by atoms with E-state index >= 15 is 0 Å². The molecule has 0 unspecified atom stereocenters. The quantitative estimate of drug-likeness (QED) is 0.276. The van der Waals surface area contributed by atoms with Gasteiger partial charge in [0.15, 0.2) is 0 Å². The van der Waals surface area contributed by atoms with E-state index in [1.807, 2.05) is 0 Å². The van der Waals surface area contributed by atoms with Crippen LogP contribution in [0.3, 0.4) is 0 Å². The second-order valence-corrected chi connectivity index (χ2v) is 0.984. The molecule has 0 aliphatic rings. The average Bonchev–Trinajstić information content (AvgIpc) is 1.94. The first-order valence-corrected chi connectivity index (χ1v) is 2.08. The molecule has 9 heavy (non-hydrogen) atoms. The third-order valence-electron chi connectivity index (χ3n) is 0.499. The first-order chi connectivity index (χ1) is 4.39. The maximum atomic E-state index is 10.1. The van der Waals surface area contributed by atoms with Gasteiger partial charge in [-0.3, -0.25) is 21.6 Å². The number of nitrogens with two attached hydrogens (primary N) is 2. The van der Waals surface area contributed by atoms with E-state index in [2.05, 4.69) is 26.9 Å². The molecule has 50 valence electrons. The number of rotatable bonds is 0. The van der Waals surface area contributed by atoms with Gasteiger partial charge in [-0.1, -0.05) is 0 Å². The maximum absolute atomic E-state index is 10.1. The summed E-state index contributed by atoms with van der Waals surface area (Å²) in [7, 11) is 0. The molecule has 6 heteroatoms. The van der Waals surface area contributed by atoms with Gasteiger partial charge in [0.25, 0.3) is 5.56 Å². The van der Waals surface area contributed by atoms with Crippen molar-refractivity contribution in [2.24, 2.45) is 11.7 Å². The number of aromatic amines is 1. The molecular weight excluding hydrogens is 122 g/mol. The van der Waals surface area contributed by atoms with Crippen LogP contribution in [-0.4, -0.2) is 15.2 Å². The lowest BCUT2D eigenvalue weighted by Crippen LogP contribution is -2.03. The van der Waals surface area contributed by atoms with Crippen molar-refractivity contribution in [2.45, 2.75) is 0 Å². The fraction of sp³-hybridized carbons (Fsp3) is 0. The molecule has 0 radical (unpaired) electrons. The molecule has 0 aliphatic heterocycles. The summed E-state index contributed by atoms with van der Waals surface area (Å²) in [4.78, 5) is 13.4. The Morgan fingerprint density at radius 2 is 2.22 bits per heavy atom. The molecule has 0 fully saturated rings. The molecule has 0 amide bonds. The molecule has 5 N–H and O–H groups in total. The summed E-state index contributed by atoms with van der Waals surface area (Å²) >= 11 is 0. The first kappa shape index (κ1) is 7.73. The third-order valence-corrected chi connectivity index (χ3v) is 0.499. The SMILES string of the molecule is NN.O=c1cn[nH]cn1. The zero-order chi connectivity index (χ0) is 7.11. The van der Waals surface area contributed by atoms with Gasteiger partial charge in [-0.05, 0) is 0 Å². The Labute approximate surface area is 50.9 Å². The molecule has 0 aliphatic carbocycles. The second-order valence-electron chi connectivity index (χ2n) is 0.984. The van der Waals surface area contributed by atoms with Crippen LogP contribution in [0.1, 0.15) is 0 Å². The van der Waals surface area contributed by atoms with Gasteiger partial charge in [0.2, 0.25) is 0 Å². The fourth-order valence-corrected chi connectivity index (χ4v) is 0.252. The highest BCUT2D eigenvalue weighted by Crippen LogP contribution is 1.48. The topological polar surface area (TPSA) is 111 Å². The van der Waals surface area contributed by atoms with E-state index in [4.69, 9.17) is 0 Å². The van der Waals surface area contributed by atoms with E-state index in [-0.39, 0.29) is 5.56 Å². The van der Waals surface area contributed by atoms with Crippen LogP contribution in [0.25, 0.3) is 0 Å². The van der Waals surface area contributed by atoms with Gasteiger partial charge >= 0.3 is 0 Å². The standard InChI is InChI=1S/C3H3N3O.H4N2/c7-3-1-5-6-2-4-3;1-2/h1-2H,(H,4,6,7);1-2H2. The first-order valence-electron chi connectivity index (χ1n) is 2.08. The van der Waals surface area contributed by atoms with Gasteiger partial charge in [-0.25, -0.2) is 0 Å². The summed E-state index contributed by atoms with van der Waals surface area (Å²) in [5.41, 5.74) is -0.321. The van der Waals surface area contributed by atoms with Gasteiger partial charge < -0.3 is 0 Å². The second kappa shape index (κ2) is 4.88. The van der Waals surface area contributed by atoms with E-state index in [0.29, 0.717) is 0 Å². The van der Waals surface area contributed by atoms with Gasteiger partial charge in [0, 0.05) is 0 Å². The number of aromatic nitrogens is 3. The summed E-state index contributed by atoms with van der Waals surface area (Å²) < 4.78 is 0. The van der Waals surface area contributed by atoms with Crippen molar-refractivity contribution >= 4 is 0 Å². The smallest absolute Gasteiger partial charge is 0.274 e. The van der Waals surface area contributed by atoms with Gasteiger partial charge in [0.1, 0.15) is 12.5 Å². The van der Waals surface area contributed by atoms with Crippen LogP contribution in [0.15, 0.2) is 17.3 Å². The summed E-state index contributed by atoms with van der Waals surface area (Å²) in [6.07, 6.45) is 2.35. The number of nitrogens with zero attached hydrogens (tertiary/aromatic N) is 2.